The monoisotopic (exact) mass is 369 g/mol. The molecule has 2 aromatic heterocycles. The van der Waals surface area contributed by atoms with Crippen LogP contribution < -0.4 is 10.1 Å². The predicted octanol–water partition coefficient (Wildman–Crippen LogP) is 3.43. The van der Waals surface area contributed by atoms with Crippen LogP contribution >= 0.6 is 12.2 Å². The van der Waals surface area contributed by atoms with Gasteiger partial charge in [0.25, 0.3) is 0 Å². The molecule has 0 fully saturated rings. The lowest BCUT2D eigenvalue weighted by molar-refractivity contribution is -0.116. The normalized spacial score (nSPS) is 10.5. The summed E-state index contributed by atoms with van der Waals surface area (Å²) in [5.74, 6) is 1.87. The Kier molecular flexibility index (Phi) is 5.75. The van der Waals surface area contributed by atoms with Crippen molar-refractivity contribution < 1.29 is 9.53 Å². The third-order valence-electron chi connectivity index (χ3n) is 3.68. The third-order valence-corrected chi connectivity index (χ3v) is 3.99. The van der Waals surface area contributed by atoms with Gasteiger partial charge in [0.05, 0.1) is 6.61 Å². The zero-order chi connectivity index (χ0) is 18.4. The van der Waals surface area contributed by atoms with Crippen LogP contribution in [0.2, 0.25) is 0 Å². The molecule has 0 aliphatic heterocycles. The fourth-order valence-corrected chi connectivity index (χ4v) is 2.69. The largest absolute Gasteiger partial charge is 0.494 e. The van der Waals surface area contributed by atoms with Gasteiger partial charge in [-0.25, -0.2) is 4.98 Å². The second-order valence-electron chi connectivity index (χ2n) is 5.47. The Balaban J connectivity index is 1.70. The lowest BCUT2D eigenvalue weighted by Crippen LogP contribution is -2.15. The molecule has 8 heteroatoms. The number of hydrogen-bond acceptors (Lipinski definition) is 5. The van der Waals surface area contributed by atoms with E-state index < -0.39 is 0 Å². The Morgan fingerprint density at radius 2 is 2.08 bits per heavy atom. The van der Waals surface area contributed by atoms with Gasteiger partial charge in [-0.05, 0) is 55.5 Å². The molecule has 0 spiro atoms. The van der Waals surface area contributed by atoms with Gasteiger partial charge in [-0.2, -0.15) is 5.10 Å². The maximum Gasteiger partial charge on any atom is 0.227 e. The van der Waals surface area contributed by atoms with Crippen LogP contribution in [-0.2, 0) is 11.3 Å². The summed E-state index contributed by atoms with van der Waals surface area (Å²) < 4.78 is 7.73. The number of aromatic nitrogens is 4. The first kappa shape index (κ1) is 17.8. The lowest BCUT2D eigenvalue weighted by Gasteiger charge is -2.08. The first-order valence-electron chi connectivity index (χ1n) is 8.26. The topological polar surface area (TPSA) is 84.8 Å². The summed E-state index contributed by atoms with van der Waals surface area (Å²) in [6.07, 6.45) is 1.89. The number of nitrogens with zero attached hydrogens (tertiary/aromatic N) is 3. The second kappa shape index (κ2) is 8.39. The van der Waals surface area contributed by atoms with Crippen LogP contribution in [0.4, 0.5) is 5.82 Å². The highest BCUT2D eigenvalue weighted by Gasteiger charge is 2.11. The van der Waals surface area contributed by atoms with Crippen molar-refractivity contribution in [3.63, 3.8) is 0 Å². The van der Waals surface area contributed by atoms with Gasteiger partial charge < -0.3 is 10.1 Å². The molecule has 0 saturated heterocycles. The molecular weight excluding hydrogens is 350 g/mol. The maximum atomic E-state index is 12.1. The fourth-order valence-electron chi connectivity index (χ4n) is 2.47. The maximum absolute atomic E-state index is 12.1. The standard InChI is InChI=1S/C18H19N5O2S/c1-2-25-14-8-6-13(7-9-14)17-21-22-18(26)23(17)12-10-16(24)20-15-5-3-4-11-19-15/h3-9,11H,2,10,12H2,1H3,(H,22,26)(H,19,20,24). The van der Waals surface area contributed by atoms with Crippen molar-refractivity contribution in [1.29, 1.82) is 0 Å². The molecule has 0 radical (unpaired) electrons. The zero-order valence-corrected chi connectivity index (χ0v) is 15.1. The molecule has 3 aromatic rings. The molecule has 134 valence electrons. The Hall–Kier alpha value is -3.00. The minimum Gasteiger partial charge on any atom is -0.494 e. The average Bonchev–Trinajstić information content (AvgIpc) is 3.02. The Bertz CT molecular complexity index is 919. The molecule has 0 aliphatic carbocycles. The molecule has 26 heavy (non-hydrogen) atoms. The van der Waals surface area contributed by atoms with Gasteiger partial charge in [0.1, 0.15) is 11.6 Å². The van der Waals surface area contributed by atoms with Crippen LogP contribution in [0.3, 0.4) is 0 Å². The highest BCUT2D eigenvalue weighted by molar-refractivity contribution is 7.71. The summed E-state index contributed by atoms with van der Waals surface area (Å²) in [4.78, 5) is 16.2. The van der Waals surface area contributed by atoms with Crippen molar-refractivity contribution in [1.82, 2.24) is 19.7 Å². The van der Waals surface area contributed by atoms with Crippen molar-refractivity contribution in [2.45, 2.75) is 19.9 Å². The number of carbonyl (C=O) groups excluding carboxylic acids is 1. The van der Waals surface area contributed by atoms with E-state index in [2.05, 4.69) is 20.5 Å². The SMILES string of the molecule is CCOc1ccc(-c2n[nH]c(=S)n2CCC(=O)Nc2ccccn2)cc1. The number of hydrogen-bond donors (Lipinski definition) is 2. The number of carbonyl (C=O) groups is 1. The molecular formula is C18H19N5O2S. The Morgan fingerprint density at radius 3 is 2.77 bits per heavy atom. The van der Waals surface area contributed by atoms with Crippen molar-refractivity contribution in [3.05, 3.63) is 53.4 Å². The number of aromatic amines is 1. The quantitative estimate of drug-likeness (QED) is 0.623. The van der Waals surface area contributed by atoms with Crippen LogP contribution in [-0.4, -0.2) is 32.3 Å². The number of nitrogens with one attached hydrogen (secondary N) is 2. The fraction of sp³-hybridized carbons (Fsp3) is 0.222. The summed E-state index contributed by atoms with van der Waals surface area (Å²) in [7, 11) is 0. The van der Waals surface area contributed by atoms with E-state index in [0.717, 1.165) is 11.3 Å². The summed E-state index contributed by atoms with van der Waals surface area (Å²) in [5.41, 5.74) is 0.894. The van der Waals surface area contributed by atoms with Gasteiger partial charge in [-0.15, -0.1) is 0 Å². The first-order valence-corrected chi connectivity index (χ1v) is 8.67. The average molecular weight is 369 g/mol. The van der Waals surface area contributed by atoms with Gasteiger partial charge in [0.15, 0.2) is 10.6 Å². The van der Waals surface area contributed by atoms with Crippen LogP contribution in [0.5, 0.6) is 5.75 Å². The van der Waals surface area contributed by atoms with E-state index in [9.17, 15) is 4.79 Å². The zero-order valence-electron chi connectivity index (χ0n) is 14.3. The molecule has 0 unspecified atom stereocenters. The Morgan fingerprint density at radius 1 is 1.27 bits per heavy atom. The summed E-state index contributed by atoms with van der Waals surface area (Å²) in [5, 5.41) is 9.83. The van der Waals surface area contributed by atoms with Gasteiger partial charge in [-0.1, -0.05) is 6.07 Å². The van der Waals surface area contributed by atoms with Crippen LogP contribution in [0.15, 0.2) is 48.7 Å². The molecule has 0 atom stereocenters. The number of H-pyrrole nitrogens is 1. The van der Waals surface area contributed by atoms with Crippen molar-refractivity contribution >= 4 is 23.9 Å². The van der Waals surface area contributed by atoms with E-state index in [-0.39, 0.29) is 12.3 Å². The first-order chi connectivity index (χ1) is 12.7. The predicted molar refractivity (Wildman–Crippen MR) is 102 cm³/mol. The van der Waals surface area contributed by atoms with Crippen LogP contribution in [0, 0.1) is 4.77 Å². The van der Waals surface area contributed by atoms with Gasteiger partial charge in [-0.3, -0.25) is 14.5 Å². The number of pyridine rings is 1. The molecule has 3 rings (SSSR count). The molecule has 0 bridgehead atoms. The smallest absolute Gasteiger partial charge is 0.227 e. The summed E-state index contributed by atoms with van der Waals surface area (Å²) >= 11 is 5.30. The minimum atomic E-state index is -0.135. The highest BCUT2D eigenvalue weighted by Crippen LogP contribution is 2.21. The third kappa shape index (κ3) is 4.34. The van der Waals surface area contributed by atoms with Crippen molar-refractivity contribution in [2.75, 3.05) is 11.9 Å². The van der Waals surface area contributed by atoms with Crippen LogP contribution in [0.1, 0.15) is 13.3 Å². The van der Waals surface area contributed by atoms with Crippen LogP contribution in [0.25, 0.3) is 11.4 Å². The molecule has 2 N–H and O–H groups in total. The molecule has 0 aliphatic rings. The highest BCUT2D eigenvalue weighted by atomic mass is 32.1. The summed E-state index contributed by atoms with van der Waals surface area (Å²) in [6.45, 7) is 2.97. The van der Waals surface area contributed by atoms with E-state index in [1.807, 2.05) is 41.8 Å². The number of rotatable bonds is 7. The van der Waals surface area contributed by atoms with E-state index >= 15 is 0 Å². The number of benzene rings is 1. The molecule has 1 aromatic carbocycles. The van der Waals surface area contributed by atoms with Gasteiger partial charge in [0, 0.05) is 24.7 Å². The molecule has 0 saturated carbocycles. The van der Waals surface area contributed by atoms with E-state index in [1.165, 1.54) is 0 Å². The Labute approximate surface area is 156 Å². The van der Waals surface area contributed by atoms with Gasteiger partial charge >= 0.3 is 0 Å². The second-order valence-corrected chi connectivity index (χ2v) is 5.86. The summed E-state index contributed by atoms with van der Waals surface area (Å²) in [6, 6.07) is 13.0. The minimum absolute atomic E-state index is 0.135. The number of ether oxygens (including phenoxy) is 1. The molecule has 7 nitrogen and oxygen atoms in total. The van der Waals surface area contributed by atoms with E-state index in [4.69, 9.17) is 17.0 Å². The molecule has 2 heterocycles. The van der Waals surface area contributed by atoms with E-state index in [1.54, 1.807) is 18.3 Å². The van der Waals surface area contributed by atoms with Crippen molar-refractivity contribution in [2.24, 2.45) is 0 Å². The lowest BCUT2D eigenvalue weighted by atomic mass is 10.2. The van der Waals surface area contributed by atoms with E-state index in [0.29, 0.717) is 29.6 Å². The molecule has 1 amide bonds. The van der Waals surface area contributed by atoms with Crippen molar-refractivity contribution in [3.8, 4) is 17.1 Å². The number of amides is 1. The number of anilines is 1. The van der Waals surface area contributed by atoms with Gasteiger partial charge in [0.2, 0.25) is 5.91 Å².